The third kappa shape index (κ3) is 4.51. The Morgan fingerprint density at radius 1 is 1.08 bits per heavy atom. The Hall–Kier alpha value is -3.92. The molecule has 0 aliphatic carbocycles. The van der Waals surface area contributed by atoms with Crippen molar-refractivity contribution >= 4 is 22.4 Å². The molecule has 0 bridgehead atoms. The maximum absolute atomic E-state index is 13.4. The molecule has 1 aliphatic heterocycles. The van der Waals surface area contributed by atoms with Crippen LogP contribution in [0.25, 0.3) is 11.3 Å². The number of hydrogen-bond acceptors (Lipinski definition) is 9. The van der Waals surface area contributed by atoms with E-state index in [1.807, 2.05) is 71.0 Å². The average Bonchev–Trinajstić information content (AvgIpc) is 3.35. The number of fused-ring (bicyclic) bond motifs is 2. The minimum Gasteiger partial charge on any atom is -0.475 e. The van der Waals surface area contributed by atoms with E-state index in [2.05, 4.69) is 25.5 Å². The first-order valence-electron chi connectivity index (χ1n) is 11.6. The van der Waals surface area contributed by atoms with E-state index in [4.69, 9.17) is 14.5 Å². The highest BCUT2D eigenvalue weighted by molar-refractivity contribution is 7.13. The Bertz CT molecular complexity index is 1400. The van der Waals surface area contributed by atoms with Crippen LogP contribution in [-0.2, 0) is 4.79 Å². The second kappa shape index (κ2) is 9.27. The van der Waals surface area contributed by atoms with E-state index in [9.17, 15) is 4.79 Å². The van der Waals surface area contributed by atoms with Crippen molar-refractivity contribution in [1.82, 2.24) is 25.1 Å². The van der Waals surface area contributed by atoms with Gasteiger partial charge in [0.2, 0.25) is 28.7 Å². The lowest BCUT2D eigenvalue weighted by molar-refractivity contribution is -0.124. The molecule has 5 heterocycles. The minimum atomic E-state index is -0.878. The first kappa shape index (κ1) is 23.8. The maximum atomic E-state index is 13.4. The molecule has 9 nitrogen and oxygen atoms in total. The Kier molecular flexibility index (Phi) is 6.13. The summed E-state index contributed by atoms with van der Waals surface area (Å²) in [5.74, 6) is 0.895. The SMILES string of the molecule is Cc1ccc2c(n1)Oc1nc(-c3ccc(OC(C)C)nc3)ccc1[C@H]2C(C)(C)C(=O)Nc1nncs1. The summed E-state index contributed by atoms with van der Waals surface area (Å²) in [5, 5.41) is 11.1. The Morgan fingerprint density at radius 2 is 1.83 bits per heavy atom. The van der Waals surface area contributed by atoms with E-state index < -0.39 is 5.41 Å². The predicted octanol–water partition coefficient (Wildman–Crippen LogP) is 5.39. The van der Waals surface area contributed by atoms with E-state index in [1.54, 1.807) is 11.7 Å². The van der Waals surface area contributed by atoms with Gasteiger partial charge in [0, 0.05) is 40.6 Å². The van der Waals surface area contributed by atoms with Gasteiger partial charge in [-0.25, -0.2) is 15.0 Å². The van der Waals surface area contributed by atoms with Gasteiger partial charge in [-0.1, -0.05) is 37.3 Å². The van der Waals surface area contributed by atoms with Gasteiger partial charge >= 0.3 is 0 Å². The fraction of sp³-hybridized carbons (Fsp3) is 0.308. The number of anilines is 1. The lowest BCUT2D eigenvalue weighted by Gasteiger charge is -2.37. The summed E-state index contributed by atoms with van der Waals surface area (Å²) in [6.07, 6.45) is 1.77. The molecule has 0 unspecified atom stereocenters. The standard InChI is InChI=1S/C26H26N6O3S/c1-14(2)34-20-11-7-16(12-27-20)19-10-9-18-21(26(4,5)24(33)31-25-32-28-13-36-25)17-8-6-15(3)29-22(17)35-23(18)30-19/h6-14,21H,1-5H3,(H,31,32,33)/t21-/m0/s1. The highest BCUT2D eigenvalue weighted by Crippen LogP contribution is 2.51. The monoisotopic (exact) mass is 502 g/mol. The van der Waals surface area contributed by atoms with Crippen molar-refractivity contribution in [3.05, 3.63) is 64.9 Å². The Labute approximate surface area is 213 Å². The van der Waals surface area contributed by atoms with E-state index in [0.29, 0.717) is 28.5 Å². The summed E-state index contributed by atoms with van der Waals surface area (Å²) in [5.41, 5.74) is 4.67. The smallest absolute Gasteiger partial charge is 0.232 e. The number of carbonyl (C=O) groups excluding carboxylic acids is 1. The van der Waals surface area contributed by atoms with Crippen LogP contribution < -0.4 is 14.8 Å². The van der Waals surface area contributed by atoms with Crippen molar-refractivity contribution in [2.24, 2.45) is 5.41 Å². The fourth-order valence-electron chi connectivity index (χ4n) is 4.26. The van der Waals surface area contributed by atoms with Gasteiger partial charge in [0.15, 0.2) is 0 Å². The number of aromatic nitrogens is 5. The van der Waals surface area contributed by atoms with Crippen LogP contribution in [0.3, 0.4) is 0 Å². The molecule has 0 saturated carbocycles. The molecule has 0 spiro atoms. The van der Waals surface area contributed by atoms with Gasteiger partial charge in [-0.3, -0.25) is 4.79 Å². The Morgan fingerprint density at radius 3 is 2.50 bits per heavy atom. The number of amides is 1. The molecule has 0 fully saturated rings. The fourth-order valence-corrected chi connectivity index (χ4v) is 4.70. The summed E-state index contributed by atoms with van der Waals surface area (Å²) in [4.78, 5) is 27.2. The molecule has 10 heteroatoms. The van der Waals surface area contributed by atoms with Crippen LogP contribution in [0.5, 0.6) is 17.6 Å². The van der Waals surface area contributed by atoms with E-state index in [-0.39, 0.29) is 17.9 Å². The molecule has 0 saturated heterocycles. The topological polar surface area (TPSA) is 112 Å². The molecule has 0 radical (unpaired) electrons. The van der Waals surface area contributed by atoms with Crippen LogP contribution in [0, 0.1) is 12.3 Å². The highest BCUT2D eigenvalue weighted by atomic mass is 32.1. The molecule has 1 N–H and O–H groups in total. The molecular formula is C26H26N6O3S. The van der Waals surface area contributed by atoms with Gasteiger partial charge in [0.1, 0.15) is 5.51 Å². The van der Waals surface area contributed by atoms with Crippen LogP contribution in [0.1, 0.15) is 50.4 Å². The van der Waals surface area contributed by atoms with E-state index in [1.165, 1.54) is 11.3 Å². The summed E-state index contributed by atoms with van der Waals surface area (Å²) >= 11 is 1.27. The molecule has 1 aliphatic rings. The van der Waals surface area contributed by atoms with Crippen LogP contribution in [0.4, 0.5) is 5.13 Å². The molecule has 1 atom stereocenters. The predicted molar refractivity (Wildman–Crippen MR) is 136 cm³/mol. The number of nitrogens with one attached hydrogen (secondary N) is 1. The van der Waals surface area contributed by atoms with Gasteiger partial charge in [-0.15, -0.1) is 10.2 Å². The molecule has 184 valence electrons. The zero-order valence-corrected chi connectivity index (χ0v) is 21.5. The van der Waals surface area contributed by atoms with E-state index in [0.717, 1.165) is 22.4 Å². The van der Waals surface area contributed by atoms with Gasteiger partial charge in [0.25, 0.3) is 0 Å². The summed E-state index contributed by atoms with van der Waals surface area (Å²) in [6, 6.07) is 11.5. The molecule has 4 aromatic heterocycles. The normalized spacial score (nSPS) is 14.6. The maximum Gasteiger partial charge on any atom is 0.232 e. The van der Waals surface area contributed by atoms with Crippen molar-refractivity contribution in [3.8, 4) is 28.9 Å². The third-order valence-electron chi connectivity index (χ3n) is 6.01. The summed E-state index contributed by atoms with van der Waals surface area (Å²) in [6.45, 7) is 9.61. The van der Waals surface area contributed by atoms with Gasteiger partial charge in [0.05, 0.1) is 17.2 Å². The lowest BCUT2D eigenvalue weighted by Crippen LogP contribution is -2.38. The van der Waals surface area contributed by atoms with Crippen molar-refractivity contribution < 1.29 is 14.3 Å². The highest BCUT2D eigenvalue weighted by Gasteiger charge is 2.45. The molecular weight excluding hydrogens is 476 g/mol. The minimum absolute atomic E-state index is 0.0407. The lowest BCUT2D eigenvalue weighted by atomic mass is 9.70. The number of carbonyl (C=O) groups is 1. The van der Waals surface area contributed by atoms with Crippen molar-refractivity contribution in [1.29, 1.82) is 0 Å². The first-order valence-corrected chi connectivity index (χ1v) is 12.5. The van der Waals surface area contributed by atoms with Crippen LogP contribution in [0.15, 0.2) is 48.1 Å². The van der Waals surface area contributed by atoms with Crippen molar-refractivity contribution in [2.75, 3.05) is 5.32 Å². The average molecular weight is 503 g/mol. The van der Waals surface area contributed by atoms with Gasteiger partial charge < -0.3 is 14.8 Å². The third-order valence-corrected chi connectivity index (χ3v) is 6.62. The number of hydrogen-bond donors (Lipinski definition) is 1. The number of rotatable bonds is 6. The van der Waals surface area contributed by atoms with Crippen LogP contribution in [0.2, 0.25) is 0 Å². The summed E-state index contributed by atoms with van der Waals surface area (Å²) < 4.78 is 11.8. The largest absolute Gasteiger partial charge is 0.475 e. The number of aryl methyl sites for hydroxylation is 1. The van der Waals surface area contributed by atoms with Crippen molar-refractivity contribution in [2.45, 2.75) is 46.6 Å². The van der Waals surface area contributed by atoms with Gasteiger partial charge in [-0.2, -0.15) is 0 Å². The number of pyridine rings is 3. The quantitative estimate of drug-likeness (QED) is 0.374. The molecule has 4 aromatic rings. The summed E-state index contributed by atoms with van der Waals surface area (Å²) in [7, 11) is 0. The zero-order chi connectivity index (χ0) is 25.4. The Balaban J connectivity index is 1.54. The van der Waals surface area contributed by atoms with Gasteiger partial charge in [-0.05, 0) is 39.0 Å². The van der Waals surface area contributed by atoms with E-state index >= 15 is 0 Å². The second-order valence-electron chi connectivity index (χ2n) is 9.44. The van der Waals surface area contributed by atoms with Crippen LogP contribution in [-0.4, -0.2) is 37.2 Å². The van der Waals surface area contributed by atoms with Crippen LogP contribution >= 0.6 is 11.3 Å². The second-order valence-corrected chi connectivity index (χ2v) is 10.3. The molecule has 5 rings (SSSR count). The first-order chi connectivity index (χ1) is 17.2. The number of nitrogens with zero attached hydrogens (tertiary/aromatic N) is 5. The number of ether oxygens (including phenoxy) is 2. The molecule has 1 amide bonds. The van der Waals surface area contributed by atoms with Crippen molar-refractivity contribution in [3.63, 3.8) is 0 Å². The zero-order valence-electron chi connectivity index (χ0n) is 20.6. The molecule has 36 heavy (non-hydrogen) atoms. The molecule has 0 aromatic carbocycles.